The van der Waals surface area contributed by atoms with Gasteiger partial charge in [-0.3, -0.25) is 9.89 Å². The minimum Gasteiger partial charge on any atom is -0.497 e. The first-order valence-corrected chi connectivity index (χ1v) is 9.67. The van der Waals surface area contributed by atoms with Crippen molar-refractivity contribution in [1.82, 2.24) is 15.2 Å². The first-order chi connectivity index (χ1) is 15.2. The van der Waals surface area contributed by atoms with Crippen LogP contribution < -0.4 is 10.1 Å². The number of ether oxygens (including phenoxy) is 1. The van der Waals surface area contributed by atoms with Gasteiger partial charge in [-0.2, -0.15) is 5.10 Å². The van der Waals surface area contributed by atoms with E-state index < -0.39 is 0 Å². The summed E-state index contributed by atoms with van der Waals surface area (Å²) in [7, 11) is 1.57. The lowest BCUT2D eigenvalue weighted by Crippen LogP contribution is -2.11. The Morgan fingerprint density at radius 1 is 1.03 bits per heavy atom. The lowest BCUT2D eigenvalue weighted by molar-refractivity contribution is 0.102. The van der Waals surface area contributed by atoms with Gasteiger partial charge in [0.15, 0.2) is 5.58 Å². The number of amides is 1. The van der Waals surface area contributed by atoms with Gasteiger partial charge in [0, 0.05) is 23.0 Å². The number of methoxy groups -OCH3 is 1. The Hall–Kier alpha value is -4.39. The van der Waals surface area contributed by atoms with Gasteiger partial charge in [-0.15, -0.1) is 0 Å². The molecular weight excluding hydrogens is 392 g/mol. The fraction of sp³-hybridized carbons (Fsp3) is 0.0417. The molecule has 5 rings (SSSR count). The van der Waals surface area contributed by atoms with Crippen LogP contribution in [-0.4, -0.2) is 28.2 Å². The highest BCUT2D eigenvalue weighted by Gasteiger charge is 2.16. The van der Waals surface area contributed by atoms with Crippen molar-refractivity contribution in [3.8, 4) is 28.5 Å². The fourth-order valence-electron chi connectivity index (χ4n) is 3.34. The Morgan fingerprint density at radius 3 is 2.68 bits per heavy atom. The van der Waals surface area contributed by atoms with Crippen molar-refractivity contribution in [3.63, 3.8) is 0 Å². The number of oxazole rings is 1. The topological polar surface area (TPSA) is 93.0 Å². The maximum atomic E-state index is 12.5. The van der Waals surface area contributed by atoms with Gasteiger partial charge in [-0.1, -0.05) is 30.3 Å². The zero-order valence-electron chi connectivity index (χ0n) is 16.6. The molecule has 0 saturated carbocycles. The highest BCUT2D eigenvalue weighted by molar-refractivity contribution is 6.04. The Labute approximate surface area is 177 Å². The van der Waals surface area contributed by atoms with E-state index in [1.54, 1.807) is 37.6 Å². The lowest BCUT2D eigenvalue weighted by Gasteiger charge is -2.07. The predicted molar refractivity (Wildman–Crippen MR) is 118 cm³/mol. The molecule has 0 unspecified atom stereocenters. The SMILES string of the molecule is COc1cccc(C(=O)Nc2ccc(-c3n[nH]cc3-c3nc4ccccc4o3)cc2)c1. The Morgan fingerprint density at radius 2 is 1.87 bits per heavy atom. The number of fused-ring (bicyclic) bond motifs is 1. The average molecular weight is 410 g/mol. The highest BCUT2D eigenvalue weighted by Crippen LogP contribution is 2.32. The van der Waals surface area contributed by atoms with Crippen LogP contribution in [-0.2, 0) is 0 Å². The Balaban J connectivity index is 1.38. The number of nitrogens with zero attached hydrogens (tertiary/aromatic N) is 2. The summed E-state index contributed by atoms with van der Waals surface area (Å²) in [5.41, 5.74) is 5.07. The second-order valence-electron chi connectivity index (χ2n) is 6.90. The normalized spacial score (nSPS) is 10.9. The molecule has 7 nitrogen and oxygen atoms in total. The van der Waals surface area contributed by atoms with Crippen molar-refractivity contribution in [1.29, 1.82) is 0 Å². The maximum Gasteiger partial charge on any atom is 0.255 e. The molecule has 2 heterocycles. The number of H-pyrrole nitrogens is 1. The number of rotatable bonds is 5. The second-order valence-corrected chi connectivity index (χ2v) is 6.90. The van der Waals surface area contributed by atoms with Crippen LogP contribution in [0.25, 0.3) is 33.8 Å². The predicted octanol–water partition coefficient (Wildman–Crippen LogP) is 5.15. The van der Waals surface area contributed by atoms with Gasteiger partial charge in [0.05, 0.1) is 12.7 Å². The molecule has 0 aliphatic heterocycles. The summed E-state index contributed by atoms with van der Waals surface area (Å²) in [5, 5.41) is 10.1. The minimum absolute atomic E-state index is 0.210. The van der Waals surface area contributed by atoms with Gasteiger partial charge in [-0.05, 0) is 42.5 Å². The minimum atomic E-state index is -0.210. The van der Waals surface area contributed by atoms with Crippen LogP contribution in [0.4, 0.5) is 5.69 Å². The maximum absolute atomic E-state index is 12.5. The van der Waals surface area contributed by atoms with E-state index in [1.165, 1.54) is 0 Å². The molecule has 2 aromatic heterocycles. The second kappa shape index (κ2) is 7.79. The Kier molecular flexibility index (Phi) is 4.68. The van der Waals surface area contributed by atoms with E-state index in [2.05, 4.69) is 20.5 Å². The smallest absolute Gasteiger partial charge is 0.255 e. The van der Waals surface area contributed by atoms with Gasteiger partial charge in [0.1, 0.15) is 17.0 Å². The van der Waals surface area contributed by atoms with E-state index >= 15 is 0 Å². The summed E-state index contributed by atoms with van der Waals surface area (Å²) < 4.78 is 11.1. The Bertz CT molecular complexity index is 1340. The monoisotopic (exact) mass is 410 g/mol. The number of para-hydroxylation sites is 2. The third-order valence-corrected chi connectivity index (χ3v) is 4.91. The van der Waals surface area contributed by atoms with E-state index in [4.69, 9.17) is 9.15 Å². The van der Waals surface area contributed by atoms with Crippen molar-refractivity contribution in [2.45, 2.75) is 0 Å². The largest absolute Gasteiger partial charge is 0.497 e. The van der Waals surface area contributed by atoms with Crippen LogP contribution in [0.1, 0.15) is 10.4 Å². The molecular formula is C24H18N4O3. The molecule has 0 fully saturated rings. The molecule has 0 aliphatic rings. The van der Waals surface area contributed by atoms with Gasteiger partial charge >= 0.3 is 0 Å². The summed E-state index contributed by atoms with van der Waals surface area (Å²) in [5.74, 6) is 0.923. The van der Waals surface area contributed by atoms with E-state index in [9.17, 15) is 4.79 Å². The van der Waals surface area contributed by atoms with Crippen molar-refractivity contribution >= 4 is 22.7 Å². The summed E-state index contributed by atoms with van der Waals surface area (Å²) in [6.45, 7) is 0. The van der Waals surface area contributed by atoms with Crippen LogP contribution >= 0.6 is 0 Å². The number of anilines is 1. The van der Waals surface area contributed by atoms with Gasteiger partial charge in [0.2, 0.25) is 5.89 Å². The van der Waals surface area contributed by atoms with Crippen molar-refractivity contribution in [2.24, 2.45) is 0 Å². The first kappa shape index (κ1) is 18.6. The van der Waals surface area contributed by atoms with Crippen molar-refractivity contribution in [2.75, 3.05) is 12.4 Å². The molecule has 0 spiro atoms. The quantitative estimate of drug-likeness (QED) is 0.418. The summed E-state index contributed by atoms with van der Waals surface area (Å²) in [6.07, 6.45) is 1.76. The summed E-state index contributed by atoms with van der Waals surface area (Å²) in [4.78, 5) is 17.1. The van der Waals surface area contributed by atoms with Crippen LogP contribution in [0.3, 0.4) is 0 Å². The number of hydrogen-bond donors (Lipinski definition) is 2. The van der Waals surface area contributed by atoms with E-state index in [-0.39, 0.29) is 5.91 Å². The number of aromatic amines is 1. The van der Waals surface area contributed by atoms with E-state index in [0.717, 1.165) is 27.9 Å². The zero-order valence-corrected chi connectivity index (χ0v) is 16.6. The van der Waals surface area contributed by atoms with Crippen molar-refractivity contribution < 1.29 is 13.9 Å². The number of nitrogens with one attached hydrogen (secondary N) is 2. The summed E-state index contributed by atoms with van der Waals surface area (Å²) >= 11 is 0. The zero-order chi connectivity index (χ0) is 21.2. The van der Waals surface area contributed by atoms with Crippen molar-refractivity contribution in [3.05, 3.63) is 84.6 Å². The van der Waals surface area contributed by atoms with Crippen LogP contribution in [0.5, 0.6) is 5.75 Å². The number of carbonyl (C=O) groups is 1. The van der Waals surface area contributed by atoms with Gasteiger partial charge in [0.25, 0.3) is 5.91 Å². The average Bonchev–Trinajstić information content (AvgIpc) is 3.46. The molecule has 0 saturated heterocycles. The molecule has 152 valence electrons. The van der Waals surface area contributed by atoms with Gasteiger partial charge in [-0.25, -0.2) is 4.98 Å². The van der Waals surface area contributed by atoms with E-state index in [1.807, 2.05) is 48.5 Å². The number of benzene rings is 3. The molecule has 0 aliphatic carbocycles. The van der Waals surface area contributed by atoms with Crippen LogP contribution in [0.2, 0.25) is 0 Å². The standard InChI is InChI=1S/C24H18N4O3/c1-30-18-6-4-5-16(13-18)23(29)26-17-11-9-15(10-12-17)22-19(14-25-28-22)24-27-20-7-2-3-8-21(20)31-24/h2-14H,1H3,(H,25,28)(H,26,29). The molecule has 7 heteroatoms. The third kappa shape index (κ3) is 3.64. The van der Waals surface area contributed by atoms with E-state index in [0.29, 0.717) is 22.9 Å². The van der Waals surface area contributed by atoms with Crippen LogP contribution in [0, 0.1) is 0 Å². The fourth-order valence-corrected chi connectivity index (χ4v) is 3.34. The first-order valence-electron chi connectivity index (χ1n) is 9.67. The molecule has 0 bridgehead atoms. The van der Waals surface area contributed by atoms with Crippen LogP contribution in [0.15, 0.2) is 83.4 Å². The third-order valence-electron chi connectivity index (χ3n) is 4.91. The molecule has 5 aromatic rings. The number of aromatic nitrogens is 3. The highest BCUT2D eigenvalue weighted by atomic mass is 16.5. The molecule has 0 atom stereocenters. The molecule has 31 heavy (non-hydrogen) atoms. The number of carbonyl (C=O) groups excluding carboxylic acids is 1. The number of hydrogen-bond acceptors (Lipinski definition) is 5. The molecule has 2 N–H and O–H groups in total. The van der Waals surface area contributed by atoms with Gasteiger partial charge < -0.3 is 14.5 Å². The lowest BCUT2D eigenvalue weighted by atomic mass is 10.1. The molecule has 3 aromatic carbocycles. The summed E-state index contributed by atoms with van der Waals surface area (Å²) in [6, 6.07) is 22.1. The molecule has 0 radical (unpaired) electrons. The molecule has 1 amide bonds.